The maximum atomic E-state index is 4.39. The molecule has 0 saturated heterocycles. The van der Waals surface area contributed by atoms with Crippen LogP contribution in [0.4, 0.5) is 5.82 Å². The van der Waals surface area contributed by atoms with Crippen molar-refractivity contribution in [1.29, 1.82) is 0 Å². The van der Waals surface area contributed by atoms with Gasteiger partial charge in [-0.15, -0.1) is 0 Å². The van der Waals surface area contributed by atoms with E-state index < -0.39 is 0 Å². The van der Waals surface area contributed by atoms with Gasteiger partial charge in [-0.3, -0.25) is 9.88 Å². The Morgan fingerprint density at radius 2 is 2.00 bits per heavy atom. The Labute approximate surface area is 85.4 Å². The summed E-state index contributed by atoms with van der Waals surface area (Å²) in [6.07, 6.45) is 2.03. The van der Waals surface area contributed by atoms with Gasteiger partial charge in [-0.05, 0) is 34.9 Å². The molecule has 4 nitrogen and oxygen atoms in total. The molecule has 0 aromatic carbocycles. The number of hydrogen-bond donors (Lipinski definition) is 1. The second-order valence-electron chi connectivity index (χ2n) is 3.73. The lowest BCUT2D eigenvalue weighted by molar-refractivity contribution is 0.342. The molecule has 1 unspecified atom stereocenters. The van der Waals surface area contributed by atoms with Gasteiger partial charge in [0.25, 0.3) is 0 Å². The minimum atomic E-state index is 0.254. The van der Waals surface area contributed by atoms with Crippen molar-refractivity contribution in [3.63, 3.8) is 0 Å². The molecule has 4 heteroatoms. The molecule has 0 aliphatic heterocycles. The van der Waals surface area contributed by atoms with Crippen LogP contribution < -0.4 is 5.32 Å². The summed E-state index contributed by atoms with van der Waals surface area (Å²) >= 11 is 0. The highest BCUT2D eigenvalue weighted by Crippen LogP contribution is 2.10. The summed E-state index contributed by atoms with van der Waals surface area (Å²) in [7, 11) is 4.05. The standard InChI is InChI=1S/C10H18N4/c1-7-6-11-8(2)10(12-7)13-9(3)14(4)5/h6,9H,1-5H3,(H,12,13). The van der Waals surface area contributed by atoms with Crippen molar-refractivity contribution in [3.05, 3.63) is 17.6 Å². The molecule has 0 saturated carbocycles. The quantitative estimate of drug-likeness (QED) is 0.739. The van der Waals surface area contributed by atoms with E-state index >= 15 is 0 Å². The largest absolute Gasteiger partial charge is 0.353 e. The number of nitrogens with one attached hydrogen (secondary N) is 1. The van der Waals surface area contributed by atoms with Crippen molar-refractivity contribution in [1.82, 2.24) is 14.9 Å². The molecule has 1 rings (SSSR count). The third kappa shape index (κ3) is 2.67. The van der Waals surface area contributed by atoms with Crippen LogP contribution >= 0.6 is 0 Å². The van der Waals surface area contributed by atoms with Gasteiger partial charge in [-0.25, -0.2) is 4.98 Å². The van der Waals surface area contributed by atoms with Crippen LogP contribution in [0.1, 0.15) is 18.3 Å². The fourth-order valence-electron chi connectivity index (χ4n) is 1.00. The molecular weight excluding hydrogens is 176 g/mol. The molecule has 1 N–H and O–H groups in total. The van der Waals surface area contributed by atoms with Crippen molar-refractivity contribution in [2.24, 2.45) is 0 Å². The summed E-state index contributed by atoms with van der Waals surface area (Å²) in [4.78, 5) is 10.7. The van der Waals surface area contributed by atoms with E-state index in [2.05, 4.69) is 27.1 Å². The molecule has 0 fully saturated rings. The Bertz CT molecular complexity index is 309. The van der Waals surface area contributed by atoms with E-state index in [1.807, 2.05) is 27.9 Å². The van der Waals surface area contributed by atoms with Crippen LogP contribution in [0.15, 0.2) is 6.20 Å². The second kappa shape index (κ2) is 4.37. The molecule has 78 valence electrons. The van der Waals surface area contributed by atoms with Crippen LogP contribution in [0.5, 0.6) is 0 Å². The fraction of sp³-hybridized carbons (Fsp3) is 0.600. The summed E-state index contributed by atoms with van der Waals surface area (Å²) in [5.41, 5.74) is 1.87. The molecule has 0 bridgehead atoms. The highest BCUT2D eigenvalue weighted by atomic mass is 15.2. The molecular formula is C10H18N4. The molecule has 1 heterocycles. The Hall–Kier alpha value is -1.16. The average Bonchev–Trinajstić information content (AvgIpc) is 2.11. The molecule has 0 amide bonds. The van der Waals surface area contributed by atoms with Gasteiger partial charge >= 0.3 is 0 Å². The molecule has 0 aliphatic rings. The number of rotatable bonds is 3. The normalized spacial score (nSPS) is 13.0. The minimum absolute atomic E-state index is 0.254. The molecule has 0 spiro atoms. The number of aromatic nitrogens is 2. The van der Waals surface area contributed by atoms with Gasteiger partial charge in [-0.2, -0.15) is 0 Å². The monoisotopic (exact) mass is 194 g/mol. The van der Waals surface area contributed by atoms with E-state index in [-0.39, 0.29) is 6.17 Å². The highest BCUT2D eigenvalue weighted by Gasteiger charge is 2.07. The first-order chi connectivity index (χ1) is 6.50. The maximum Gasteiger partial charge on any atom is 0.148 e. The highest BCUT2D eigenvalue weighted by molar-refractivity contribution is 5.40. The van der Waals surface area contributed by atoms with Crippen molar-refractivity contribution in [3.8, 4) is 0 Å². The number of anilines is 1. The van der Waals surface area contributed by atoms with E-state index in [1.165, 1.54) is 0 Å². The lowest BCUT2D eigenvalue weighted by Crippen LogP contribution is -2.32. The molecule has 1 aromatic rings. The van der Waals surface area contributed by atoms with Crippen molar-refractivity contribution < 1.29 is 0 Å². The summed E-state index contributed by atoms with van der Waals surface area (Å²) in [5, 5.41) is 3.30. The Kier molecular flexibility index (Phi) is 3.41. The minimum Gasteiger partial charge on any atom is -0.353 e. The van der Waals surface area contributed by atoms with Gasteiger partial charge in [0.05, 0.1) is 17.6 Å². The Morgan fingerprint density at radius 3 is 2.57 bits per heavy atom. The Balaban J connectivity index is 2.80. The van der Waals surface area contributed by atoms with Crippen LogP contribution in [0.3, 0.4) is 0 Å². The number of aryl methyl sites for hydroxylation is 2. The lowest BCUT2D eigenvalue weighted by Gasteiger charge is -2.22. The smallest absolute Gasteiger partial charge is 0.148 e. The van der Waals surface area contributed by atoms with Crippen molar-refractivity contribution in [2.75, 3.05) is 19.4 Å². The lowest BCUT2D eigenvalue weighted by atomic mass is 10.4. The van der Waals surface area contributed by atoms with Gasteiger partial charge in [0.2, 0.25) is 0 Å². The zero-order valence-corrected chi connectivity index (χ0v) is 9.50. The van der Waals surface area contributed by atoms with Crippen molar-refractivity contribution >= 4 is 5.82 Å². The van der Waals surface area contributed by atoms with Gasteiger partial charge in [0, 0.05) is 6.20 Å². The molecule has 0 radical (unpaired) electrons. The van der Waals surface area contributed by atoms with Gasteiger partial charge in [0.1, 0.15) is 5.82 Å². The van der Waals surface area contributed by atoms with Crippen LogP contribution in [-0.2, 0) is 0 Å². The summed E-state index contributed by atoms with van der Waals surface area (Å²) in [5.74, 6) is 0.867. The third-order valence-corrected chi connectivity index (χ3v) is 2.20. The van der Waals surface area contributed by atoms with Crippen molar-refractivity contribution in [2.45, 2.75) is 26.9 Å². The first kappa shape index (κ1) is 10.9. The van der Waals surface area contributed by atoms with E-state index in [0.29, 0.717) is 0 Å². The molecule has 0 aliphatic carbocycles. The van der Waals surface area contributed by atoms with Crippen LogP contribution in [-0.4, -0.2) is 35.1 Å². The predicted molar refractivity (Wildman–Crippen MR) is 58.3 cm³/mol. The average molecular weight is 194 g/mol. The zero-order valence-electron chi connectivity index (χ0n) is 9.50. The summed E-state index contributed by atoms with van der Waals surface area (Å²) in [6.45, 7) is 5.98. The predicted octanol–water partition coefficient (Wildman–Crippen LogP) is 1.41. The maximum absolute atomic E-state index is 4.39. The molecule has 14 heavy (non-hydrogen) atoms. The summed E-state index contributed by atoms with van der Waals surface area (Å²) in [6, 6.07) is 0. The van der Waals surface area contributed by atoms with Gasteiger partial charge in [-0.1, -0.05) is 0 Å². The first-order valence-corrected chi connectivity index (χ1v) is 4.74. The topological polar surface area (TPSA) is 41.1 Å². The third-order valence-electron chi connectivity index (χ3n) is 2.20. The van der Waals surface area contributed by atoms with Gasteiger partial charge < -0.3 is 5.32 Å². The number of nitrogens with zero attached hydrogens (tertiary/aromatic N) is 3. The van der Waals surface area contributed by atoms with E-state index in [4.69, 9.17) is 0 Å². The molecule has 1 aromatic heterocycles. The first-order valence-electron chi connectivity index (χ1n) is 4.74. The Morgan fingerprint density at radius 1 is 1.36 bits per heavy atom. The zero-order chi connectivity index (χ0) is 10.7. The van der Waals surface area contributed by atoms with Gasteiger partial charge in [0.15, 0.2) is 0 Å². The summed E-state index contributed by atoms with van der Waals surface area (Å²) < 4.78 is 0. The fourth-order valence-corrected chi connectivity index (χ4v) is 1.00. The van der Waals surface area contributed by atoms with Crippen LogP contribution in [0, 0.1) is 13.8 Å². The van der Waals surface area contributed by atoms with E-state index in [0.717, 1.165) is 17.2 Å². The second-order valence-corrected chi connectivity index (χ2v) is 3.73. The number of hydrogen-bond acceptors (Lipinski definition) is 4. The SMILES string of the molecule is Cc1cnc(C)c(NC(C)N(C)C)n1. The van der Waals surface area contributed by atoms with Crippen LogP contribution in [0.2, 0.25) is 0 Å². The molecule has 1 atom stereocenters. The van der Waals surface area contributed by atoms with E-state index in [9.17, 15) is 0 Å². The van der Waals surface area contributed by atoms with Crippen LogP contribution in [0.25, 0.3) is 0 Å². The van der Waals surface area contributed by atoms with E-state index in [1.54, 1.807) is 6.20 Å².